The highest BCUT2D eigenvalue weighted by Crippen LogP contribution is 2.64. The number of ketones is 1. The molecule has 0 radical (unpaired) electrons. The predicted octanol–water partition coefficient (Wildman–Crippen LogP) is 5.01. The Morgan fingerprint density at radius 3 is 2.65 bits per heavy atom. The Labute approximate surface area is 157 Å². The summed E-state index contributed by atoms with van der Waals surface area (Å²) in [6.07, 6.45) is 14.6. The standard InChI is InChI=1S/C23H32O3/c1-15(24)26-14-21(25)20-10-9-18-17-8-7-16-6-4-5-12-22(16,2)19(17)11-13-23(18,20)3/h7,10,17-19H,4-6,8-9,11-14H2,1-3H3/t17-,18-,19-,22-,23-/m0/s1. The fourth-order valence-corrected chi connectivity index (χ4v) is 6.94. The molecule has 0 aliphatic heterocycles. The van der Waals surface area contributed by atoms with Gasteiger partial charge in [0.25, 0.3) is 0 Å². The number of carbonyl (C=O) groups is 2. The highest BCUT2D eigenvalue weighted by molar-refractivity contribution is 5.99. The second-order valence-electron chi connectivity index (χ2n) is 9.48. The van der Waals surface area contributed by atoms with Gasteiger partial charge in [-0.3, -0.25) is 9.59 Å². The van der Waals surface area contributed by atoms with Crippen molar-refractivity contribution < 1.29 is 14.3 Å². The Balaban J connectivity index is 1.57. The molecule has 3 nitrogen and oxygen atoms in total. The molecule has 0 aromatic rings. The maximum Gasteiger partial charge on any atom is 0.303 e. The second kappa shape index (κ2) is 6.35. The van der Waals surface area contributed by atoms with Crippen LogP contribution in [0.15, 0.2) is 23.3 Å². The summed E-state index contributed by atoms with van der Waals surface area (Å²) in [5.41, 5.74) is 3.03. The fourth-order valence-electron chi connectivity index (χ4n) is 6.94. The Hall–Kier alpha value is -1.38. The molecule has 2 fully saturated rings. The van der Waals surface area contributed by atoms with Gasteiger partial charge >= 0.3 is 5.97 Å². The number of hydrogen-bond donors (Lipinski definition) is 0. The van der Waals surface area contributed by atoms with Crippen LogP contribution >= 0.6 is 0 Å². The van der Waals surface area contributed by atoms with Crippen molar-refractivity contribution in [2.75, 3.05) is 6.61 Å². The summed E-state index contributed by atoms with van der Waals surface area (Å²) in [5.74, 6) is 1.67. The maximum absolute atomic E-state index is 12.7. The van der Waals surface area contributed by atoms with Crippen LogP contribution in [0.1, 0.15) is 72.1 Å². The summed E-state index contributed by atoms with van der Waals surface area (Å²) in [5, 5.41) is 0. The van der Waals surface area contributed by atoms with Crippen LogP contribution in [0.2, 0.25) is 0 Å². The van der Waals surface area contributed by atoms with Crippen LogP contribution in [0.5, 0.6) is 0 Å². The van der Waals surface area contributed by atoms with E-state index in [1.807, 2.05) is 0 Å². The Morgan fingerprint density at radius 2 is 1.88 bits per heavy atom. The van der Waals surface area contributed by atoms with Gasteiger partial charge in [-0.25, -0.2) is 0 Å². The number of ether oxygens (including phenoxy) is 1. The fraction of sp³-hybridized carbons (Fsp3) is 0.739. The molecular formula is C23H32O3. The van der Waals surface area contributed by atoms with E-state index in [9.17, 15) is 9.59 Å². The second-order valence-corrected chi connectivity index (χ2v) is 9.48. The lowest BCUT2D eigenvalue weighted by Gasteiger charge is -2.57. The molecule has 0 N–H and O–H groups in total. The van der Waals surface area contributed by atoms with Crippen molar-refractivity contribution in [2.45, 2.75) is 72.1 Å². The first-order chi connectivity index (χ1) is 12.4. The van der Waals surface area contributed by atoms with E-state index in [-0.39, 0.29) is 23.8 Å². The van der Waals surface area contributed by atoms with Crippen LogP contribution < -0.4 is 0 Å². The Kier molecular flexibility index (Phi) is 4.40. The number of Topliss-reactive ketones (excluding diaryl/α,β-unsaturated/α-hetero) is 1. The van der Waals surface area contributed by atoms with Crippen molar-refractivity contribution in [3.63, 3.8) is 0 Å². The summed E-state index contributed by atoms with van der Waals surface area (Å²) >= 11 is 0. The van der Waals surface area contributed by atoms with E-state index < -0.39 is 0 Å². The van der Waals surface area contributed by atoms with Crippen molar-refractivity contribution in [3.05, 3.63) is 23.3 Å². The van der Waals surface area contributed by atoms with Crippen LogP contribution in [0, 0.1) is 28.6 Å². The first-order valence-electron chi connectivity index (χ1n) is 10.4. The van der Waals surface area contributed by atoms with Crippen molar-refractivity contribution in [1.82, 2.24) is 0 Å². The van der Waals surface area contributed by atoms with E-state index in [1.165, 1.54) is 45.4 Å². The molecular weight excluding hydrogens is 324 g/mol. The number of fused-ring (bicyclic) bond motifs is 5. The molecule has 142 valence electrons. The van der Waals surface area contributed by atoms with Gasteiger partial charge in [-0.1, -0.05) is 38.0 Å². The number of allylic oxidation sites excluding steroid dienone is 3. The number of carbonyl (C=O) groups excluding carboxylic acids is 2. The summed E-state index contributed by atoms with van der Waals surface area (Å²) in [6, 6.07) is 0. The third-order valence-electron chi connectivity index (χ3n) is 8.31. The average molecular weight is 357 g/mol. The van der Waals surface area contributed by atoms with Gasteiger partial charge in [0.2, 0.25) is 0 Å². The molecule has 5 atom stereocenters. The molecule has 0 amide bonds. The topological polar surface area (TPSA) is 43.4 Å². The number of rotatable bonds is 3. The molecule has 0 aromatic heterocycles. The van der Waals surface area contributed by atoms with Gasteiger partial charge in [0.15, 0.2) is 12.4 Å². The minimum absolute atomic E-state index is 0.0135. The van der Waals surface area contributed by atoms with Crippen LogP contribution in [-0.4, -0.2) is 18.4 Å². The average Bonchev–Trinajstić information content (AvgIpc) is 2.96. The summed E-state index contributed by atoms with van der Waals surface area (Å²) < 4.78 is 5.00. The first kappa shape index (κ1) is 18.0. The summed E-state index contributed by atoms with van der Waals surface area (Å²) in [6.45, 7) is 6.08. The molecule has 4 aliphatic rings. The van der Waals surface area contributed by atoms with Gasteiger partial charge in [-0.15, -0.1) is 0 Å². The maximum atomic E-state index is 12.7. The minimum Gasteiger partial charge on any atom is -0.457 e. The molecule has 0 aromatic carbocycles. The molecule has 3 heteroatoms. The van der Waals surface area contributed by atoms with Crippen LogP contribution in [0.4, 0.5) is 0 Å². The molecule has 4 rings (SSSR count). The molecule has 0 unspecified atom stereocenters. The molecule has 0 heterocycles. The molecule has 2 saturated carbocycles. The zero-order valence-corrected chi connectivity index (χ0v) is 16.5. The SMILES string of the molecule is CC(=O)OCC(=O)C1=CC[C@H]2[C@@H]3CC=C4CCCC[C@]4(C)[C@H]3CC[C@]12C. The van der Waals surface area contributed by atoms with Crippen molar-refractivity contribution in [1.29, 1.82) is 0 Å². The summed E-state index contributed by atoms with van der Waals surface area (Å²) in [4.78, 5) is 23.8. The van der Waals surface area contributed by atoms with Crippen LogP contribution in [0.3, 0.4) is 0 Å². The van der Waals surface area contributed by atoms with E-state index in [1.54, 1.807) is 5.57 Å². The minimum atomic E-state index is -0.377. The van der Waals surface area contributed by atoms with Crippen LogP contribution in [0.25, 0.3) is 0 Å². The normalized spacial score (nSPS) is 41.3. The molecule has 0 bridgehead atoms. The summed E-state index contributed by atoms with van der Waals surface area (Å²) in [7, 11) is 0. The number of esters is 1. The zero-order valence-electron chi connectivity index (χ0n) is 16.5. The lowest BCUT2D eigenvalue weighted by molar-refractivity contribution is -0.145. The third-order valence-corrected chi connectivity index (χ3v) is 8.31. The monoisotopic (exact) mass is 356 g/mol. The lowest BCUT2D eigenvalue weighted by Crippen LogP contribution is -2.49. The van der Waals surface area contributed by atoms with E-state index in [4.69, 9.17) is 4.74 Å². The van der Waals surface area contributed by atoms with Crippen molar-refractivity contribution >= 4 is 11.8 Å². The molecule has 26 heavy (non-hydrogen) atoms. The van der Waals surface area contributed by atoms with Crippen molar-refractivity contribution in [2.24, 2.45) is 28.6 Å². The highest BCUT2D eigenvalue weighted by atomic mass is 16.5. The van der Waals surface area contributed by atoms with Gasteiger partial charge in [0, 0.05) is 12.5 Å². The smallest absolute Gasteiger partial charge is 0.303 e. The van der Waals surface area contributed by atoms with E-state index in [2.05, 4.69) is 26.0 Å². The first-order valence-corrected chi connectivity index (χ1v) is 10.4. The van der Waals surface area contributed by atoms with Gasteiger partial charge < -0.3 is 4.74 Å². The number of hydrogen-bond acceptors (Lipinski definition) is 3. The van der Waals surface area contributed by atoms with Gasteiger partial charge in [0.05, 0.1) is 0 Å². The lowest BCUT2D eigenvalue weighted by atomic mass is 9.47. The quantitative estimate of drug-likeness (QED) is 0.527. The third kappa shape index (κ3) is 2.61. The largest absolute Gasteiger partial charge is 0.457 e. The molecule has 0 saturated heterocycles. The van der Waals surface area contributed by atoms with E-state index in [0.29, 0.717) is 17.3 Å². The van der Waals surface area contributed by atoms with Gasteiger partial charge in [0.1, 0.15) is 0 Å². The van der Waals surface area contributed by atoms with Crippen LogP contribution in [-0.2, 0) is 14.3 Å². The molecule has 4 aliphatic carbocycles. The predicted molar refractivity (Wildman–Crippen MR) is 101 cm³/mol. The van der Waals surface area contributed by atoms with Gasteiger partial charge in [-0.05, 0) is 73.5 Å². The van der Waals surface area contributed by atoms with E-state index >= 15 is 0 Å². The Bertz CT molecular complexity index is 688. The van der Waals surface area contributed by atoms with Crippen molar-refractivity contribution in [3.8, 4) is 0 Å². The Morgan fingerprint density at radius 1 is 1.08 bits per heavy atom. The van der Waals surface area contributed by atoms with Gasteiger partial charge in [-0.2, -0.15) is 0 Å². The molecule has 0 spiro atoms. The van der Waals surface area contributed by atoms with E-state index in [0.717, 1.165) is 24.3 Å². The highest BCUT2D eigenvalue weighted by Gasteiger charge is 2.56. The zero-order chi connectivity index (χ0) is 18.5.